The van der Waals surface area contributed by atoms with Gasteiger partial charge in [0.25, 0.3) is 0 Å². The van der Waals surface area contributed by atoms with Gasteiger partial charge in [0.1, 0.15) is 6.04 Å². The van der Waals surface area contributed by atoms with Crippen LogP contribution in [0.3, 0.4) is 0 Å². The van der Waals surface area contributed by atoms with Crippen molar-refractivity contribution in [3.63, 3.8) is 0 Å². The Labute approximate surface area is 148 Å². The van der Waals surface area contributed by atoms with E-state index in [9.17, 15) is 4.79 Å². The van der Waals surface area contributed by atoms with E-state index in [0.29, 0.717) is 11.7 Å². The summed E-state index contributed by atoms with van der Waals surface area (Å²) >= 11 is 0. The first-order valence-corrected chi connectivity index (χ1v) is 8.19. The van der Waals surface area contributed by atoms with Crippen molar-refractivity contribution in [1.29, 1.82) is 0 Å². The molecule has 0 saturated heterocycles. The summed E-state index contributed by atoms with van der Waals surface area (Å²) in [5, 5.41) is 17.3. The number of nitrogens with one attached hydrogen (secondary N) is 3. The molecule has 132 valence electrons. The maximum Gasteiger partial charge on any atom is 0.247 e. The second-order valence-electron chi connectivity index (χ2n) is 6.20. The van der Waals surface area contributed by atoms with E-state index in [2.05, 4.69) is 25.9 Å². The summed E-state index contributed by atoms with van der Waals surface area (Å²) in [5.74, 6) is 0.988. The SMILES string of the molecule is CNC(C(=O)Nc1cc(C2CCCCC2)[nH]n1)c1cnn(C)c1.Cl. The molecule has 2 heterocycles. The third kappa shape index (κ3) is 4.15. The second kappa shape index (κ2) is 8.30. The number of aromatic nitrogens is 4. The summed E-state index contributed by atoms with van der Waals surface area (Å²) in [6.45, 7) is 0. The summed E-state index contributed by atoms with van der Waals surface area (Å²) in [4.78, 5) is 12.5. The van der Waals surface area contributed by atoms with Crippen LogP contribution in [-0.2, 0) is 11.8 Å². The van der Waals surface area contributed by atoms with Gasteiger partial charge in [-0.05, 0) is 19.9 Å². The van der Waals surface area contributed by atoms with Crippen LogP contribution in [0.25, 0.3) is 0 Å². The smallest absolute Gasteiger partial charge is 0.247 e. The number of nitrogens with zero attached hydrogens (tertiary/aromatic N) is 3. The number of aromatic amines is 1. The first-order chi connectivity index (χ1) is 11.2. The van der Waals surface area contributed by atoms with E-state index < -0.39 is 6.04 Å². The average molecular weight is 353 g/mol. The minimum absolute atomic E-state index is 0. The number of hydrogen-bond acceptors (Lipinski definition) is 4. The quantitative estimate of drug-likeness (QED) is 0.771. The maximum absolute atomic E-state index is 12.5. The van der Waals surface area contributed by atoms with Crippen molar-refractivity contribution < 1.29 is 4.79 Å². The molecule has 0 bridgehead atoms. The van der Waals surface area contributed by atoms with Crippen LogP contribution in [0.4, 0.5) is 5.82 Å². The Morgan fingerprint density at radius 2 is 2.12 bits per heavy atom. The highest BCUT2D eigenvalue weighted by Crippen LogP contribution is 2.32. The zero-order chi connectivity index (χ0) is 16.2. The van der Waals surface area contributed by atoms with Crippen LogP contribution in [0.5, 0.6) is 0 Å². The lowest BCUT2D eigenvalue weighted by atomic mass is 9.87. The largest absolute Gasteiger partial charge is 0.308 e. The normalized spacial score (nSPS) is 16.4. The third-order valence-corrected chi connectivity index (χ3v) is 4.50. The minimum atomic E-state index is -0.446. The topological polar surface area (TPSA) is 87.6 Å². The summed E-state index contributed by atoms with van der Waals surface area (Å²) in [6, 6.07) is 1.52. The van der Waals surface area contributed by atoms with Crippen LogP contribution in [0.15, 0.2) is 18.5 Å². The highest BCUT2D eigenvalue weighted by molar-refractivity contribution is 5.94. The van der Waals surface area contributed by atoms with Crippen LogP contribution in [-0.4, -0.2) is 32.9 Å². The van der Waals surface area contributed by atoms with Crippen molar-refractivity contribution in [2.24, 2.45) is 7.05 Å². The zero-order valence-corrected chi connectivity index (χ0v) is 14.9. The molecular formula is C16H25ClN6O. The molecule has 8 heteroatoms. The van der Waals surface area contributed by atoms with Crippen LogP contribution in [0.1, 0.15) is 55.3 Å². The van der Waals surface area contributed by atoms with Gasteiger partial charge in [-0.25, -0.2) is 0 Å². The number of halogens is 1. The van der Waals surface area contributed by atoms with Crippen molar-refractivity contribution in [2.75, 3.05) is 12.4 Å². The third-order valence-electron chi connectivity index (χ3n) is 4.50. The van der Waals surface area contributed by atoms with Crippen LogP contribution in [0, 0.1) is 0 Å². The Balaban J connectivity index is 0.00000208. The number of H-pyrrole nitrogens is 1. The van der Waals surface area contributed by atoms with E-state index >= 15 is 0 Å². The summed E-state index contributed by atoms with van der Waals surface area (Å²) in [7, 11) is 3.59. The molecule has 24 heavy (non-hydrogen) atoms. The number of carbonyl (C=O) groups is 1. The van der Waals surface area contributed by atoms with E-state index in [1.807, 2.05) is 19.3 Å². The molecule has 2 aromatic rings. The fourth-order valence-corrected chi connectivity index (χ4v) is 3.26. The van der Waals surface area contributed by atoms with Gasteiger partial charge < -0.3 is 10.6 Å². The number of amides is 1. The minimum Gasteiger partial charge on any atom is -0.308 e. The second-order valence-corrected chi connectivity index (χ2v) is 6.20. The summed E-state index contributed by atoms with van der Waals surface area (Å²) in [5.41, 5.74) is 1.96. The first-order valence-electron chi connectivity index (χ1n) is 8.19. The molecule has 0 spiro atoms. The van der Waals surface area contributed by atoms with Gasteiger partial charge in [0.2, 0.25) is 5.91 Å². The Morgan fingerprint density at radius 1 is 1.38 bits per heavy atom. The molecule has 1 amide bonds. The number of aryl methyl sites for hydroxylation is 1. The van der Waals surface area contributed by atoms with Gasteiger partial charge in [0, 0.05) is 36.5 Å². The van der Waals surface area contributed by atoms with E-state index in [0.717, 1.165) is 11.3 Å². The highest BCUT2D eigenvalue weighted by atomic mass is 35.5. The van der Waals surface area contributed by atoms with Gasteiger partial charge in [-0.1, -0.05) is 19.3 Å². The van der Waals surface area contributed by atoms with Gasteiger partial charge in [-0.2, -0.15) is 10.2 Å². The van der Waals surface area contributed by atoms with Crippen molar-refractivity contribution in [2.45, 2.75) is 44.1 Å². The van der Waals surface area contributed by atoms with Crippen molar-refractivity contribution in [3.8, 4) is 0 Å². The number of hydrogen-bond donors (Lipinski definition) is 3. The van der Waals surface area contributed by atoms with Crippen LogP contribution in [0.2, 0.25) is 0 Å². The molecule has 1 fully saturated rings. The Hall–Kier alpha value is -1.86. The number of anilines is 1. The predicted molar refractivity (Wildman–Crippen MR) is 95.3 cm³/mol. The van der Waals surface area contributed by atoms with Crippen molar-refractivity contribution in [1.82, 2.24) is 25.3 Å². The van der Waals surface area contributed by atoms with Crippen LogP contribution >= 0.6 is 12.4 Å². The Morgan fingerprint density at radius 3 is 2.75 bits per heavy atom. The summed E-state index contributed by atoms with van der Waals surface area (Å²) < 4.78 is 1.68. The van der Waals surface area contributed by atoms with E-state index in [1.54, 1.807) is 17.9 Å². The highest BCUT2D eigenvalue weighted by Gasteiger charge is 2.22. The summed E-state index contributed by atoms with van der Waals surface area (Å²) in [6.07, 6.45) is 9.79. The fourth-order valence-electron chi connectivity index (χ4n) is 3.26. The molecule has 2 aromatic heterocycles. The number of likely N-dealkylation sites (N-methyl/N-ethyl adjacent to an activating group) is 1. The van der Waals surface area contributed by atoms with E-state index in [4.69, 9.17) is 0 Å². The molecule has 0 radical (unpaired) electrons. The maximum atomic E-state index is 12.5. The molecule has 0 aliphatic heterocycles. The molecule has 3 rings (SSSR count). The number of carbonyl (C=O) groups excluding carboxylic acids is 1. The van der Waals surface area contributed by atoms with Crippen molar-refractivity contribution >= 4 is 24.1 Å². The van der Waals surface area contributed by atoms with Gasteiger partial charge in [-0.3, -0.25) is 14.6 Å². The fraction of sp³-hybridized carbons (Fsp3) is 0.562. The lowest BCUT2D eigenvalue weighted by Gasteiger charge is -2.19. The lowest BCUT2D eigenvalue weighted by Crippen LogP contribution is -2.30. The van der Waals surface area contributed by atoms with E-state index in [-0.39, 0.29) is 18.3 Å². The predicted octanol–water partition coefficient (Wildman–Crippen LogP) is 2.51. The standard InChI is InChI=1S/C16H24N6O.ClH/c1-17-15(12-9-18-22(2)10-12)16(23)19-14-8-13(20-21-14)11-6-4-3-5-7-11;/h8-11,15,17H,3-7H2,1-2H3,(H2,19,20,21,23);1H. The monoisotopic (exact) mass is 352 g/mol. The van der Waals surface area contributed by atoms with Gasteiger partial charge >= 0.3 is 0 Å². The first kappa shape index (κ1) is 18.5. The Kier molecular flexibility index (Phi) is 6.39. The lowest BCUT2D eigenvalue weighted by molar-refractivity contribution is -0.118. The molecule has 1 saturated carbocycles. The molecule has 1 aliphatic rings. The molecule has 1 unspecified atom stereocenters. The average Bonchev–Trinajstić information content (AvgIpc) is 3.18. The Bertz CT molecular complexity index is 661. The van der Waals surface area contributed by atoms with Gasteiger partial charge in [-0.15, -0.1) is 12.4 Å². The number of rotatable bonds is 5. The molecular weight excluding hydrogens is 328 g/mol. The molecule has 7 nitrogen and oxygen atoms in total. The van der Waals surface area contributed by atoms with Crippen molar-refractivity contribution in [3.05, 3.63) is 29.7 Å². The molecule has 1 atom stereocenters. The van der Waals surface area contributed by atoms with Gasteiger partial charge in [0.15, 0.2) is 5.82 Å². The molecule has 3 N–H and O–H groups in total. The molecule has 0 aromatic carbocycles. The van der Waals surface area contributed by atoms with Crippen LogP contribution < -0.4 is 10.6 Å². The zero-order valence-electron chi connectivity index (χ0n) is 14.1. The molecule has 1 aliphatic carbocycles. The van der Waals surface area contributed by atoms with E-state index in [1.165, 1.54) is 32.1 Å². The van der Waals surface area contributed by atoms with Gasteiger partial charge in [0.05, 0.1) is 6.20 Å².